The van der Waals surface area contributed by atoms with Crippen LogP contribution in [0.5, 0.6) is 0 Å². The van der Waals surface area contributed by atoms with Gasteiger partial charge in [0, 0.05) is 13.1 Å². The van der Waals surface area contributed by atoms with E-state index in [9.17, 15) is 13.5 Å². The summed E-state index contributed by atoms with van der Waals surface area (Å²) in [7, 11) is -3.72. The zero-order valence-corrected chi connectivity index (χ0v) is 14.1. The van der Waals surface area contributed by atoms with Crippen molar-refractivity contribution < 1.29 is 18.3 Å². The zero-order chi connectivity index (χ0) is 17.0. The molecular formula is C18H21NO4S. The van der Waals surface area contributed by atoms with Crippen LogP contribution < -0.4 is 0 Å². The molecule has 0 bridgehead atoms. The highest BCUT2D eigenvalue weighted by Crippen LogP contribution is 2.37. The van der Waals surface area contributed by atoms with Crippen LogP contribution in [0, 0.1) is 0 Å². The Bertz CT molecular complexity index is 743. The molecular weight excluding hydrogens is 326 g/mol. The maximum absolute atomic E-state index is 13.2. The van der Waals surface area contributed by atoms with Gasteiger partial charge in [0.05, 0.1) is 13.2 Å². The fraction of sp³-hybridized carbons (Fsp3) is 0.333. The summed E-state index contributed by atoms with van der Waals surface area (Å²) in [6.45, 7) is 1.38. The summed E-state index contributed by atoms with van der Waals surface area (Å²) >= 11 is 0. The number of rotatable bonds is 5. The smallest absolute Gasteiger partial charge is 0.224 e. The second kappa shape index (κ2) is 7.44. The third-order valence-corrected chi connectivity index (χ3v) is 6.46. The van der Waals surface area contributed by atoms with Crippen molar-refractivity contribution in [1.82, 2.24) is 4.31 Å². The van der Waals surface area contributed by atoms with Gasteiger partial charge in [0.1, 0.15) is 11.4 Å². The Labute approximate surface area is 142 Å². The normalized spacial score (nSPS) is 18.9. The number of aliphatic hydroxyl groups is 1. The van der Waals surface area contributed by atoms with E-state index >= 15 is 0 Å². The summed E-state index contributed by atoms with van der Waals surface area (Å²) in [5.41, 5.74) is 1.17. The van der Waals surface area contributed by atoms with Gasteiger partial charge in [0.2, 0.25) is 10.0 Å². The van der Waals surface area contributed by atoms with Gasteiger partial charge in [0.15, 0.2) is 0 Å². The molecule has 0 amide bonds. The number of ether oxygens (including phenoxy) is 1. The molecule has 2 atom stereocenters. The highest BCUT2D eigenvalue weighted by atomic mass is 32.2. The maximum atomic E-state index is 13.2. The Balaban J connectivity index is 2.02. The van der Waals surface area contributed by atoms with Crippen molar-refractivity contribution in [3.05, 3.63) is 71.8 Å². The molecule has 24 heavy (non-hydrogen) atoms. The summed E-state index contributed by atoms with van der Waals surface area (Å²) < 4.78 is 33.1. The van der Waals surface area contributed by atoms with E-state index in [2.05, 4.69) is 0 Å². The van der Waals surface area contributed by atoms with Crippen molar-refractivity contribution in [3.63, 3.8) is 0 Å². The molecule has 1 N–H and O–H groups in total. The average molecular weight is 347 g/mol. The lowest BCUT2D eigenvalue weighted by molar-refractivity contribution is 0.0709. The van der Waals surface area contributed by atoms with E-state index in [0.29, 0.717) is 37.4 Å². The fourth-order valence-electron chi connectivity index (χ4n) is 2.95. The van der Waals surface area contributed by atoms with Crippen LogP contribution in [-0.2, 0) is 14.8 Å². The third kappa shape index (κ3) is 3.52. The minimum absolute atomic E-state index is 0.313. The summed E-state index contributed by atoms with van der Waals surface area (Å²) in [4.78, 5) is 0. The van der Waals surface area contributed by atoms with Crippen molar-refractivity contribution in [2.75, 3.05) is 26.3 Å². The number of benzene rings is 2. The second-order valence-corrected chi connectivity index (χ2v) is 7.80. The number of hydrogen-bond acceptors (Lipinski definition) is 4. The van der Waals surface area contributed by atoms with Crippen molar-refractivity contribution in [2.45, 2.75) is 11.4 Å². The van der Waals surface area contributed by atoms with Crippen LogP contribution in [0.1, 0.15) is 22.5 Å². The Hall–Kier alpha value is -1.73. The van der Waals surface area contributed by atoms with E-state index in [1.807, 2.05) is 12.1 Å². The second-order valence-electron chi connectivity index (χ2n) is 5.74. The highest BCUT2D eigenvalue weighted by molar-refractivity contribution is 7.89. The molecule has 5 nitrogen and oxygen atoms in total. The van der Waals surface area contributed by atoms with Crippen LogP contribution in [0.4, 0.5) is 0 Å². The first-order chi connectivity index (χ1) is 11.6. The van der Waals surface area contributed by atoms with E-state index in [4.69, 9.17) is 4.74 Å². The van der Waals surface area contributed by atoms with Crippen LogP contribution in [0.2, 0.25) is 0 Å². The molecule has 1 fully saturated rings. The number of hydrogen-bond donors (Lipinski definition) is 1. The van der Waals surface area contributed by atoms with E-state index in [0.717, 1.165) is 0 Å². The van der Waals surface area contributed by atoms with Gasteiger partial charge < -0.3 is 9.84 Å². The lowest BCUT2D eigenvalue weighted by atomic mass is 10.0. The Morgan fingerprint density at radius 3 is 1.92 bits per heavy atom. The highest BCUT2D eigenvalue weighted by Gasteiger charge is 2.39. The van der Waals surface area contributed by atoms with E-state index in [-0.39, 0.29) is 0 Å². The van der Waals surface area contributed by atoms with Gasteiger partial charge >= 0.3 is 0 Å². The first-order valence-electron chi connectivity index (χ1n) is 7.95. The van der Waals surface area contributed by atoms with Gasteiger partial charge in [-0.3, -0.25) is 0 Å². The Kier molecular flexibility index (Phi) is 5.30. The summed E-state index contributed by atoms with van der Waals surface area (Å²) in [6, 6.07) is 17.8. The van der Waals surface area contributed by atoms with Gasteiger partial charge in [0.25, 0.3) is 0 Å². The van der Waals surface area contributed by atoms with Crippen LogP contribution in [0.15, 0.2) is 60.7 Å². The van der Waals surface area contributed by atoms with Crippen molar-refractivity contribution in [1.29, 1.82) is 0 Å². The Morgan fingerprint density at radius 2 is 1.38 bits per heavy atom. The lowest BCUT2D eigenvalue weighted by Crippen LogP contribution is -2.44. The van der Waals surface area contributed by atoms with Gasteiger partial charge in [-0.25, -0.2) is 8.42 Å². The summed E-state index contributed by atoms with van der Waals surface area (Å²) in [5.74, 6) is 0. The van der Waals surface area contributed by atoms with Crippen molar-refractivity contribution in [2.24, 2.45) is 0 Å². The van der Waals surface area contributed by atoms with Gasteiger partial charge in [-0.2, -0.15) is 4.31 Å². The fourth-order valence-corrected chi connectivity index (χ4v) is 4.91. The zero-order valence-electron chi connectivity index (χ0n) is 13.3. The molecule has 2 aromatic carbocycles. The summed E-state index contributed by atoms with van der Waals surface area (Å²) in [5, 5.41) is 9.82. The largest absolute Gasteiger partial charge is 0.387 e. The molecule has 0 aliphatic carbocycles. The molecule has 0 radical (unpaired) electrons. The van der Waals surface area contributed by atoms with E-state index < -0.39 is 21.4 Å². The molecule has 128 valence electrons. The number of aliphatic hydroxyl groups excluding tert-OH is 1. The maximum Gasteiger partial charge on any atom is 0.224 e. The molecule has 0 aromatic heterocycles. The molecule has 0 unspecified atom stereocenters. The quantitative estimate of drug-likeness (QED) is 0.900. The van der Waals surface area contributed by atoms with Crippen LogP contribution in [0.25, 0.3) is 0 Å². The van der Waals surface area contributed by atoms with Gasteiger partial charge in [-0.05, 0) is 11.1 Å². The molecule has 2 aromatic rings. The van der Waals surface area contributed by atoms with E-state index in [1.165, 1.54) is 4.31 Å². The minimum Gasteiger partial charge on any atom is -0.387 e. The number of nitrogens with zero attached hydrogens (tertiary/aromatic N) is 1. The molecule has 3 rings (SSSR count). The Morgan fingerprint density at radius 1 is 0.875 bits per heavy atom. The van der Waals surface area contributed by atoms with Gasteiger partial charge in [-0.1, -0.05) is 60.7 Å². The lowest BCUT2D eigenvalue weighted by Gasteiger charge is -2.32. The predicted octanol–water partition coefficient (Wildman–Crippen LogP) is 2.12. The average Bonchev–Trinajstić information content (AvgIpc) is 2.64. The topological polar surface area (TPSA) is 66.8 Å². The minimum atomic E-state index is -3.72. The number of morpholine rings is 1. The molecule has 1 saturated heterocycles. The first kappa shape index (κ1) is 17.1. The third-order valence-electron chi connectivity index (χ3n) is 4.21. The van der Waals surface area contributed by atoms with Gasteiger partial charge in [-0.15, -0.1) is 0 Å². The van der Waals surface area contributed by atoms with E-state index in [1.54, 1.807) is 48.5 Å². The molecule has 1 aliphatic rings. The van der Waals surface area contributed by atoms with Crippen LogP contribution in [-0.4, -0.2) is 44.1 Å². The van der Waals surface area contributed by atoms with Crippen molar-refractivity contribution in [3.8, 4) is 0 Å². The monoisotopic (exact) mass is 347 g/mol. The SMILES string of the molecule is O=S(=O)([C@H](c1ccccc1)[C@@H](O)c1ccccc1)N1CCOCC1. The molecule has 0 saturated carbocycles. The molecule has 0 spiro atoms. The molecule has 1 aliphatic heterocycles. The van der Waals surface area contributed by atoms with Crippen LogP contribution >= 0.6 is 0 Å². The first-order valence-corrected chi connectivity index (χ1v) is 9.45. The van der Waals surface area contributed by atoms with Crippen molar-refractivity contribution >= 4 is 10.0 Å². The number of sulfonamides is 1. The standard InChI is InChI=1S/C18H21NO4S/c20-17(15-7-3-1-4-8-15)18(16-9-5-2-6-10-16)24(21,22)19-11-13-23-14-12-19/h1-10,17-18,20H,11-14H2/t17-,18+/m0/s1. The molecule has 6 heteroatoms. The molecule has 1 heterocycles. The predicted molar refractivity (Wildman–Crippen MR) is 91.9 cm³/mol. The summed E-state index contributed by atoms with van der Waals surface area (Å²) in [6.07, 6.45) is -1.14. The van der Waals surface area contributed by atoms with Crippen LogP contribution in [0.3, 0.4) is 0 Å².